The van der Waals surface area contributed by atoms with Gasteiger partial charge in [0.15, 0.2) is 0 Å². The molecule has 0 aliphatic carbocycles. The first kappa shape index (κ1) is 12.9. The van der Waals surface area contributed by atoms with E-state index >= 15 is 0 Å². The number of amides is 1. The van der Waals surface area contributed by atoms with Crippen molar-refractivity contribution in [3.05, 3.63) is 52.3 Å². The van der Waals surface area contributed by atoms with Crippen LogP contribution in [0.25, 0.3) is 0 Å². The first-order valence-corrected chi connectivity index (χ1v) is 6.37. The van der Waals surface area contributed by atoms with E-state index in [0.29, 0.717) is 5.69 Å². The second-order valence-corrected chi connectivity index (χ2v) is 4.83. The zero-order valence-corrected chi connectivity index (χ0v) is 11.5. The van der Waals surface area contributed by atoms with E-state index in [0.717, 1.165) is 22.3 Å². The Morgan fingerprint density at radius 2 is 2.22 bits per heavy atom. The number of nitrogens with one attached hydrogen (secondary N) is 3. The van der Waals surface area contributed by atoms with Crippen molar-refractivity contribution in [3.63, 3.8) is 0 Å². The predicted molar refractivity (Wildman–Crippen MR) is 75.7 cm³/mol. The molecule has 1 aromatic heterocycles. The summed E-state index contributed by atoms with van der Waals surface area (Å²) in [5.74, 6) is -0.151. The molecule has 2 aromatic rings. The maximum Gasteiger partial charge on any atom is 0.272 e. The number of aromatic amines is 1. The Kier molecular flexibility index (Phi) is 4.17. The lowest BCUT2D eigenvalue weighted by Crippen LogP contribution is -2.12. The Morgan fingerprint density at radius 1 is 1.39 bits per heavy atom. The zero-order chi connectivity index (χ0) is 13.0. The van der Waals surface area contributed by atoms with Gasteiger partial charge in [0.2, 0.25) is 0 Å². The van der Waals surface area contributed by atoms with E-state index in [4.69, 9.17) is 0 Å². The predicted octanol–water partition coefficient (Wildman–Crippen LogP) is 2.75. The van der Waals surface area contributed by atoms with E-state index in [-0.39, 0.29) is 5.91 Å². The molecule has 0 bridgehead atoms. The Bertz CT molecular complexity index is 551. The molecular weight excluding hydrogens is 294 g/mol. The first-order valence-electron chi connectivity index (χ1n) is 5.58. The topological polar surface area (TPSA) is 56.9 Å². The number of aromatic nitrogens is 1. The van der Waals surface area contributed by atoms with Gasteiger partial charge in [0.1, 0.15) is 5.69 Å². The summed E-state index contributed by atoms with van der Waals surface area (Å²) in [6.07, 6.45) is 1.73. The lowest BCUT2D eigenvalue weighted by atomic mass is 10.2. The van der Waals surface area contributed by atoms with Gasteiger partial charge < -0.3 is 15.6 Å². The molecule has 1 heterocycles. The van der Waals surface area contributed by atoms with Crippen molar-refractivity contribution in [3.8, 4) is 0 Å². The van der Waals surface area contributed by atoms with E-state index in [1.165, 1.54) is 0 Å². The van der Waals surface area contributed by atoms with Crippen LogP contribution in [0.4, 0.5) is 5.69 Å². The van der Waals surface area contributed by atoms with Gasteiger partial charge in [-0.15, -0.1) is 0 Å². The molecule has 0 saturated carbocycles. The Labute approximate surface area is 114 Å². The van der Waals surface area contributed by atoms with Gasteiger partial charge in [0, 0.05) is 22.9 Å². The summed E-state index contributed by atoms with van der Waals surface area (Å²) in [5, 5.41) is 5.93. The minimum absolute atomic E-state index is 0.151. The second kappa shape index (κ2) is 5.84. The van der Waals surface area contributed by atoms with Crippen LogP contribution in [0, 0.1) is 0 Å². The number of H-pyrrole nitrogens is 1. The lowest BCUT2D eigenvalue weighted by molar-refractivity contribution is 0.102. The van der Waals surface area contributed by atoms with Gasteiger partial charge in [-0.2, -0.15) is 0 Å². The average Bonchev–Trinajstić information content (AvgIpc) is 2.77. The highest BCUT2D eigenvalue weighted by molar-refractivity contribution is 9.10. The number of benzene rings is 1. The number of carbonyl (C=O) groups excluding carboxylic acids is 1. The SMILES string of the molecule is CNCc1cccc(NC(=O)c2cc(Br)c[nH]2)c1. The molecule has 0 aliphatic heterocycles. The molecule has 94 valence electrons. The minimum atomic E-state index is -0.151. The summed E-state index contributed by atoms with van der Waals surface area (Å²) in [5.41, 5.74) is 2.45. The number of hydrogen-bond donors (Lipinski definition) is 3. The summed E-state index contributed by atoms with van der Waals surface area (Å²) in [7, 11) is 1.89. The molecule has 3 N–H and O–H groups in total. The Hall–Kier alpha value is -1.59. The van der Waals surface area contributed by atoms with Gasteiger partial charge in [-0.3, -0.25) is 4.79 Å². The van der Waals surface area contributed by atoms with Crippen LogP contribution in [-0.4, -0.2) is 17.9 Å². The third-order valence-corrected chi connectivity index (χ3v) is 2.92. The van der Waals surface area contributed by atoms with Gasteiger partial charge in [-0.25, -0.2) is 0 Å². The van der Waals surface area contributed by atoms with Crippen LogP contribution in [0.15, 0.2) is 41.0 Å². The lowest BCUT2D eigenvalue weighted by Gasteiger charge is -2.06. The molecule has 1 aromatic carbocycles. The molecular formula is C13H14BrN3O. The molecule has 0 radical (unpaired) electrons. The minimum Gasteiger partial charge on any atom is -0.356 e. The van der Waals surface area contributed by atoms with Crippen LogP contribution in [0.2, 0.25) is 0 Å². The molecule has 0 spiro atoms. The molecule has 0 unspecified atom stereocenters. The Balaban J connectivity index is 2.09. The number of carbonyl (C=O) groups is 1. The highest BCUT2D eigenvalue weighted by atomic mass is 79.9. The third kappa shape index (κ3) is 3.21. The van der Waals surface area contributed by atoms with Crippen molar-refractivity contribution in [2.75, 3.05) is 12.4 Å². The first-order chi connectivity index (χ1) is 8.69. The quantitative estimate of drug-likeness (QED) is 0.813. The molecule has 2 rings (SSSR count). The summed E-state index contributed by atoms with van der Waals surface area (Å²) in [4.78, 5) is 14.8. The van der Waals surface area contributed by atoms with Crippen molar-refractivity contribution in [1.82, 2.24) is 10.3 Å². The summed E-state index contributed by atoms with van der Waals surface area (Å²) in [6.45, 7) is 0.776. The maximum atomic E-state index is 11.9. The number of hydrogen-bond acceptors (Lipinski definition) is 2. The second-order valence-electron chi connectivity index (χ2n) is 3.92. The fourth-order valence-corrected chi connectivity index (χ4v) is 2.00. The van der Waals surface area contributed by atoms with E-state index < -0.39 is 0 Å². The fourth-order valence-electron chi connectivity index (χ4n) is 1.66. The highest BCUT2D eigenvalue weighted by Gasteiger charge is 2.08. The summed E-state index contributed by atoms with van der Waals surface area (Å²) >= 11 is 3.30. The van der Waals surface area contributed by atoms with Gasteiger partial charge in [-0.05, 0) is 46.7 Å². The molecule has 0 fully saturated rings. The summed E-state index contributed by atoms with van der Waals surface area (Å²) in [6, 6.07) is 9.50. The van der Waals surface area contributed by atoms with Gasteiger partial charge in [0.05, 0.1) is 0 Å². The molecule has 5 heteroatoms. The number of anilines is 1. The standard InChI is InChI=1S/C13H14BrN3O/c1-15-7-9-3-2-4-11(5-9)17-13(18)12-6-10(14)8-16-12/h2-6,8,15-16H,7H2,1H3,(H,17,18). The fraction of sp³-hybridized carbons (Fsp3) is 0.154. The van der Waals surface area contributed by atoms with Crippen LogP contribution in [0.3, 0.4) is 0 Å². The van der Waals surface area contributed by atoms with Crippen LogP contribution in [-0.2, 0) is 6.54 Å². The third-order valence-electron chi connectivity index (χ3n) is 2.46. The van der Waals surface area contributed by atoms with Crippen molar-refractivity contribution < 1.29 is 4.79 Å². The van der Waals surface area contributed by atoms with E-state index in [1.54, 1.807) is 12.3 Å². The van der Waals surface area contributed by atoms with Crippen LogP contribution < -0.4 is 10.6 Å². The average molecular weight is 308 g/mol. The molecule has 0 atom stereocenters. The molecule has 0 saturated heterocycles. The van der Waals surface area contributed by atoms with Crippen molar-refractivity contribution >= 4 is 27.5 Å². The van der Waals surface area contributed by atoms with Crippen LogP contribution >= 0.6 is 15.9 Å². The normalized spacial score (nSPS) is 10.3. The molecule has 0 aliphatic rings. The van der Waals surface area contributed by atoms with Crippen molar-refractivity contribution in [1.29, 1.82) is 0 Å². The van der Waals surface area contributed by atoms with Crippen molar-refractivity contribution in [2.45, 2.75) is 6.54 Å². The molecule has 18 heavy (non-hydrogen) atoms. The number of halogens is 1. The monoisotopic (exact) mass is 307 g/mol. The highest BCUT2D eigenvalue weighted by Crippen LogP contribution is 2.14. The number of rotatable bonds is 4. The van der Waals surface area contributed by atoms with Crippen LogP contribution in [0.5, 0.6) is 0 Å². The summed E-state index contributed by atoms with van der Waals surface area (Å²) < 4.78 is 0.858. The van der Waals surface area contributed by atoms with Crippen LogP contribution in [0.1, 0.15) is 16.1 Å². The largest absolute Gasteiger partial charge is 0.356 e. The molecule has 1 amide bonds. The van der Waals surface area contributed by atoms with E-state index in [1.807, 2.05) is 31.3 Å². The van der Waals surface area contributed by atoms with Gasteiger partial charge in [-0.1, -0.05) is 12.1 Å². The van der Waals surface area contributed by atoms with Gasteiger partial charge >= 0.3 is 0 Å². The van der Waals surface area contributed by atoms with Crippen molar-refractivity contribution in [2.24, 2.45) is 0 Å². The smallest absolute Gasteiger partial charge is 0.272 e. The molecule has 4 nitrogen and oxygen atoms in total. The van der Waals surface area contributed by atoms with E-state index in [2.05, 4.69) is 31.5 Å². The Morgan fingerprint density at radius 3 is 2.89 bits per heavy atom. The maximum absolute atomic E-state index is 11.9. The zero-order valence-electron chi connectivity index (χ0n) is 9.96. The van der Waals surface area contributed by atoms with E-state index in [9.17, 15) is 4.79 Å². The van der Waals surface area contributed by atoms with Gasteiger partial charge in [0.25, 0.3) is 5.91 Å².